The molecule has 30 heavy (non-hydrogen) atoms. The van der Waals surface area contributed by atoms with Gasteiger partial charge in [0.1, 0.15) is 0 Å². The van der Waals surface area contributed by atoms with E-state index < -0.39 is 6.10 Å². The molecule has 0 saturated carbocycles. The molecule has 1 fully saturated rings. The summed E-state index contributed by atoms with van der Waals surface area (Å²) in [6.07, 6.45) is 1.16. The Morgan fingerprint density at radius 2 is 1.83 bits per heavy atom. The van der Waals surface area contributed by atoms with Crippen LogP contribution in [0.1, 0.15) is 43.0 Å². The van der Waals surface area contributed by atoms with Gasteiger partial charge in [0.05, 0.1) is 19.3 Å². The summed E-state index contributed by atoms with van der Waals surface area (Å²) in [5, 5.41) is 0. The molecule has 0 N–H and O–H groups in total. The van der Waals surface area contributed by atoms with Gasteiger partial charge in [-0.3, -0.25) is 4.90 Å². The maximum atomic E-state index is 12.0. The van der Waals surface area contributed by atoms with Crippen molar-refractivity contribution in [2.24, 2.45) is 0 Å². The van der Waals surface area contributed by atoms with Crippen LogP contribution in [0, 0.1) is 0 Å². The molecular formula is C25H32N2O3. The smallest absolute Gasteiger partial charge is 0.335 e. The van der Waals surface area contributed by atoms with Gasteiger partial charge in [-0.1, -0.05) is 49.4 Å². The van der Waals surface area contributed by atoms with E-state index in [1.807, 2.05) is 13.8 Å². The molecule has 2 atom stereocenters. The van der Waals surface area contributed by atoms with Gasteiger partial charge in [0.15, 0.2) is 6.10 Å². The average Bonchev–Trinajstić information content (AvgIpc) is 2.91. The van der Waals surface area contributed by atoms with Crippen molar-refractivity contribution in [2.45, 2.75) is 38.8 Å². The molecule has 2 aliphatic rings. The first-order valence-electron chi connectivity index (χ1n) is 11.1. The lowest BCUT2D eigenvalue weighted by molar-refractivity contribution is -0.157. The Balaban J connectivity index is 1.45. The Bertz CT molecular complexity index is 869. The molecule has 5 heteroatoms. The van der Waals surface area contributed by atoms with Gasteiger partial charge in [-0.25, -0.2) is 4.79 Å². The fraction of sp³-hybridized carbons (Fsp3) is 0.480. The van der Waals surface area contributed by atoms with Crippen molar-refractivity contribution >= 4 is 11.7 Å². The zero-order valence-electron chi connectivity index (χ0n) is 18.0. The van der Waals surface area contributed by atoms with Gasteiger partial charge in [0.2, 0.25) is 0 Å². The van der Waals surface area contributed by atoms with Crippen molar-refractivity contribution in [1.29, 1.82) is 0 Å². The molecule has 2 heterocycles. The minimum Gasteiger partial charge on any atom is -0.464 e. The molecule has 0 aromatic heterocycles. The monoisotopic (exact) mass is 408 g/mol. The van der Waals surface area contributed by atoms with Gasteiger partial charge in [0, 0.05) is 31.9 Å². The minimum atomic E-state index is -0.461. The first-order valence-corrected chi connectivity index (χ1v) is 11.1. The van der Waals surface area contributed by atoms with Crippen LogP contribution >= 0.6 is 0 Å². The number of ether oxygens (including phenoxy) is 2. The molecule has 2 aliphatic heterocycles. The van der Waals surface area contributed by atoms with E-state index in [4.69, 9.17) is 9.47 Å². The van der Waals surface area contributed by atoms with Crippen LogP contribution in [0.15, 0.2) is 48.5 Å². The van der Waals surface area contributed by atoms with E-state index in [1.165, 1.54) is 22.4 Å². The Hall–Kier alpha value is -2.37. The number of fused-ring (bicyclic) bond motifs is 5. The van der Waals surface area contributed by atoms with Gasteiger partial charge in [0.25, 0.3) is 0 Å². The molecule has 0 radical (unpaired) electrons. The summed E-state index contributed by atoms with van der Waals surface area (Å²) in [5.41, 5.74) is 5.62. The SMILES string of the molecule is CCOC(=O)C(CC)OCCN1CCN2c3ccccc3Cc3ccccc3C2C1. The van der Waals surface area contributed by atoms with Crippen LogP contribution < -0.4 is 4.90 Å². The highest BCUT2D eigenvalue weighted by molar-refractivity contribution is 5.74. The van der Waals surface area contributed by atoms with Crippen LogP contribution in [0.2, 0.25) is 0 Å². The summed E-state index contributed by atoms with van der Waals surface area (Å²) in [6, 6.07) is 18.0. The Kier molecular flexibility index (Phi) is 6.70. The summed E-state index contributed by atoms with van der Waals surface area (Å²) >= 11 is 0. The second kappa shape index (κ2) is 9.63. The third-order valence-corrected chi connectivity index (χ3v) is 6.21. The second-order valence-electron chi connectivity index (χ2n) is 8.03. The highest BCUT2D eigenvalue weighted by atomic mass is 16.6. The second-order valence-corrected chi connectivity index (χ2v) is 8.03. The maximum Gasteiger partial charge on any atom is 0.335 e. The first kappa shape index (κ1) is 20.9. The molecule has 4 rings (SSSR count). The molecule has 2 aromatic carbocycles. The standard InChI is InChI=1S/C25H32N2O3/c1-3-24(25(28)29-4-2)30-16-15-26-13-14-27-22-12-8-6-10-20(22)17-19-9-5-7-11-21(19)23(27)18-26/h5-12,23-24H,3-4,13-18H2,1-2H3. The molecule has 1 saturated heterocycles. The number of rotatable bonds is 7. The van der Waals surface area contributed by atoms with E-state index in [0.29, 0.717) is 25.7 Å². The maximum absolute atomic E-state index is 12.0. The zero-order chi connectivity index (χ0) is 20.9. The third-order valence-electron chi connectivity index (χ3n) is 6.21. The highest BCUT2D eigenvalue weighted by Crippen LogP contribution is 2.38. The number of hydrogen-bond donors (Lipinski definition) is 0. The van der Waals surface area contributed by atoms with Gasteiger partial charge in [-0.15, -0.1) is 0 Å². The van der Waals surface area contributed by atoms with Crippen LogP contribution in [0.3, 0.4) is 0 Å². The van der Waals surface area contributed by atoms with Gasteiger partial charge in [-0.05, 0) is 42.5 Å². The normalized spacial score (nSPS) is 19.3. The van der Waals surface area contributed by atoms with Crippen LogP contribution in [-0.2, 0) is 20.7 Å². The molecule has 5 nitrogen and oxygen atoms in total. The number of anilines is 1. The van der Waals surface area contributed by atoms with Crippen molar-refractivity contribution < 1.29 is 14.3 Å². The van der Waals surface area contributed by atoms with Crippen molar-refractivity contribution in [3.8, 4) is 0 Å². The van der Waals surface area contributed by atoms with Gasteiger partial charge >= 0.3 is 5.97 Å². The Morgan fingerprint density at radius 3 is 2.63 bits per heavy atom. The lowest BCUT2D eigenvalue weighted by Gasteiger charge is -2.43. The highest BCUT2D eigenvalue weighted by Gasteiger charge is 2.33. The molecule has 2 unspecified atom stereocenters. The largest absolute Gasteiger partial charge is 0.464 e. The van der Waals surface area contributed by atoms with E-state index in [-0.39, 0.29) is 5.97 Å². The van der Waals surface area contributed by atoms with Crippen LogP contribution in [0.4, 0.5) is 5.69 Å². The summed E-state index contributed by atoms with van der Waals surface area (Å²) in [7, 11) is 0. The fourth-order valence-corrected chi connectivity index (χ4v) is 4.67. The molecule has 160 valence electrons. The summed E-state index contributed by atoms with van der Waals surface area (Å²) in [6.45, 7) is 8.49. The average molecular weight is 409 g/mol. The van der Waals surface area contributed by atoms with Gasteiger partial charge in [-0.2, -0.15) is 0 Å². The van der Waals surface area contributed by atoms with E-state index >= 15 is 0 Å². The predicted molar refractivity (Wildman–Crippen MR) is 119 cm³/mol. The zero-order valence-corrected chi connectivity index (χ0v) is 18.0. The quantitative estimate of drug-likeness (QED) is 0.652. The summed E-state index contributed by atoms with van der Waals surface area (Å²) in [4.78, 5) is 17.0. The number of esters is 1. The number of piperazine rings is 1. The summed E-state index contributed by atoms with van der Waals surface area (Å²) in [5.74, 6) is -0.251. The number of carbonyl (C=O) groups excluding carboxylic acids is 1. The third kappa shape index (κ3) is 4.37. The van der Waals surface area contributed by atoms with E-state index in [1.54, 1.807) is 0 Å². The molecule has 0 bridgehead atoms. The minimum absolute atomic E-state index is 0.251. The van der Waals surface area contributed by atoms with E-state index in [2.05, 4.69) is 58.3 Å². The van der Waals surface area contributed by atoms with Crippen molar-refractivity contribution in [3.05, 3.63) is 65.2 Å². The van der Waals surface area contributed by atoms with Crippen LogP contribution in [0.5, 0.6) is 0 Å². The van der Waals surface area contributed by atoms with E-state index in [9.17, 15) is 4.79 Å². The van der Waals surface area contributed by atoms with Crippen molar-refractivity contribution in [3.63, 3.8) is 0 Å². The Morgan fingerprint density at radius 1 is 1.07 bits per heavy atom. The number of benzene rings is 2. The molecule has 0 amide bonds. The lowest BCUT2D eigenvalue weighted by atomic mass is 9.96. The topological polar surface area (TPSA) is 42.0 Å². The molecular weight excluding hydrogens is 376 g/mol. The summed E-state index contributed by atoms with van der Waals surface area (Å²) < 4.78 is 11.0. The molecule has 0 aliphatic carbocycles. The van der Waals surface area contributed by atoms with E-state index in [0.717, 1.165) is 32.6 Å². The fourth-order valence-electron chi connectivity index (χ4n) is 4.67. The van der Waals surface area contributed by atoms with Crippen molar-refractivity contribution in [2.75, 3.05) is 44.3 Å². The number of nitrogens with zero attached hydrogens (tertiary/aromatic N) is 2. The van der Waals surface area contributed by atoms with Crippen LogP contribution in [-0.4, -0.2) is 56.4 Å². The van der Waals surface area contributed by atoms with Gasteiger partial charge < -0.3 is 14.4 Å². The lowest BCUT2D eigenvalue weighted by Crippen LogP contribution is -2.49. The van der Waals surface area contributed by atoms with Crippen molar-refractivity contribution in [1.82, 2.24) is 4.90 Å². The Labute approximate surface area is 179 Å². The predicted octanol–water partition coefficient (Wildman–Crippen LogP) is 3.81. The number of hydrogen-bond acceptors (Lipinski definition) is 5. The first-order chi connectivity index (χ1) is 14.7. The molecule has 2 aromatic rings. The molecule has 0 spiro atoms. The number of para-hydroxylation sites is 1. The van der Waals surface area contributed by atoms with Crippen LogP contribution in [0.25, 0.3) is 0 Å². The number of carbonyl (C=O) groups is 1.